The minimum absolute atomic E-state index is 0.164. The summed E-state index contributed by atoms with van der Waals surface area (Å²) in [6, 6.07) is 4.68. The molecule has 1 aliphatic carbocycles. The summed E-state index contributed by atoms with van der Waals surface area (Å²) in [5.74, 6) is -1.15. The molecule has 26 heavy (non-hydrogen) atoms. The maximum atomic E-state index is 13.6. The fraction of sp³-hybridized carbons (Fsp3) is 0.444. The van der Waals surface area contributed by atoms with Crippen LogP contribution in [-0.2, 0) is 11.0 Å². The zero-order chi connectivity index (χ0) is 19.1. The van der Waals surface area contributed by atoms with Gasteiger partial charge in [-0.2, -0.15) is 13.2 Å². The molecule has 1 heterocycles. The Balaban J connectivity index is 2.13. The normalized spacial score (nSPS) is 20.9. The molecule has 0 saturated heterocycles. The van der Waals surface area contributed by atoms with Gasteiger partial charge in [-0.15, -0.1) is 0 Å². The van der Waals surface area contributed by atoms with Crippen molar-refractivity contribution in [1.29, 1.82) is 0 Å². The van der Waals surface area contributed by atoms with Gasteiger partial charge in [-0.1, -0.05) is 0 Å². The van der Waals surface area contributed by atoms with Crippen LogP contribution < -0.4 is 10.3 Å². The predicted molar refractivity (Wildman–Crippen MR) is 88.4 cm³/mol. The summed E-state index contributed by atoms with van der Waals surface area (Å²) in [6.45, 7) is 0. The van der Waals surface area contributed by atoms with Crippen LogP contribution in [0, 0.1) is 5.92 Å². The first-order chi connectivity index (χ1) is 12.2. The van der Waals surface area contributed by atoms with Crippen LogP contribution in [0.1, 0.15) is 37.4 Å². The van der Waals surface area contributed by atoms with E-state index in [9.17, 15) is 22.8 Å². The Bertz CT molecular complexity index is 896. The number of carboxylic acids is 1. The van der Waals surface area contributed by atoms with Crippen LogP contribution in [0.4, 0.5) is 13.2 Å². The molecule has 1 fully saturated rings. The van der Waals surface area contributed by atoms with Gasteiger partial charge in [0.15, 0.2) is 0 Å². The Morgan fingerprint density at radius 1 is 1.19 bits per heavy atom. The third kappa shape index (κ3) is 3.27. The average molecular weight is 369 g/mol. The van der Waals surface area contributed by atoms with E-state index in [0.29, 0.717) is 5.75 Å². The predicted octanol–water partition coefficient (Wildman–Crippen LogP) is 3.84. The number of fused-ring (bicyclic) bond motifs is 1. The van der Waals surface area contributed by atoms with Crippen molar-refractivity contribution in [2.45, 2.75) is 37.9 Å². The average Bonchev–Trinajstić information content (AvgIpc) is 2.60. The van der Waals surface area contributed by atoms with Gasteiger partial charge in [-0.25, -0.2) is 0 Å². The Hall–Kier alpha value is -2.51. The van der Waals surface area contributed by atoms with Crippen LogP contribution in [0.2, 0.25) is 0 Å². The topological polar surface area (TPSA) is 68.5 Å². The summed E-state index contributed by atoms with van der Waals surface area (Å²) in [7, 11) is 1.40. The number of alkyl halides is 3. The molecule has 0 bridgehead atoms. The number of hydrogen-bond donors (Lipinski definition) is 1. The standard InChI is InChI=1S/C18H18F3NO4/c1-26-13-6-7-14-11(8-13)9-15(18(19,20)21)22(16(14)23)12-4-2-10(3-5-12)17(24)25/h6-10,12H,2-5H2,1H3,(H,24,25). The molecule has 0 radical (unpaired) electrons. The number of rotatable bonds is 3. The van der Waals surface area contributed by atoms with E-state index in [0.717, 1.165) is 10.6 Å². The number of aromatic nitrogens is 1. The number of halogens is 3. The molecule has 1 saturated carbocycles. The van der Waals surface area contributed by atoms with Gasteiger partial charge in [-0.05, 0) is 55.3 Å². The summed E-state index contributed by atoms with van der Waals surface area (Å²) >= 11 is 0. The molecular formula is C18H18F3NO4. The largest absolute Gasteiger partial charge is 0.497 e. The van der Waals surface area contributed by atoms with E-state index in [1.54, 1.807) is 0 Å². The van der Waals surface area contributed by atoms with Crippen molar-refractivity contribution in [3.63, 3.8) is 0 Å². The number of aliphatic carboxylic acids is 1. The molecule has 5 nitrogen and oxygen atoms in total. The van der Waals surface area contributed by atoms with Crippen LogP contribution in [0.25, 0.3) is 10.8 Å². The number of carbonyl (C=O) groups is 1. The molecule has 140 valence electrons. The Kier molecular flexibility index (Phi) is 4.68. The highest BCUT2D eigenvalue weighted by Gasteiger charge is 2.38. The Morgan fingerprint density at radius 2 is 1.85 bits per heavy atom. The van der Waals surface area contributed by atoms with Crippen LogP contribution >= 0.6 is 0 Å². The monoisotopic (exact) mass is 369 g/mol. The van der Waals surface area contributed by atoms with Crippen LogP contribution in [0.5, 0.6) is 5.75 Å². The third-order valence-corrected chi connectivity index (χ3v) is 4.96. The number of benzene rings is 1. The van der Waals surface area contributed by atoms with Crippen molar-refractivity contribution in [2.75, 3.05) is 7.11 Å². The van der Waals surface area contributed by atoms with E-state index < -0.39 is 35.4 Å². The summed E-state index contributed by atoms with van der Waals surface area (Å²) in [5, 5.41) is 9.41. The van der Waals surface area contributed by atoms with Crippen molar-refractivity contribution in [2.24, 2.45) is 5.92 Å². The molecule has 8 heteroatoms. The van der Waals surface area contributed by atoms with Gasteiger partial charge in [0, 0.05) is 11.4 Å². The van der Waals surface area contributed by atoms with Crippen LogP contribution in [-0.4, -0.2) is 22.8 Å². The molecule has 1 aliphatic rings. The molecule has 0 unspecified atom stereocenters. The smallest absolute Gasteiger partial charge is 0.431 e. The fourth-order valence-corrected chi connectivity index (χ4v) is 3.60. The Labute approximate surface area is 147 Å². The summed E-state index contributed by atoms with van der Waals surface area (Å²) in [6.07, 6.45) is -3.74. The van der Waals surface area contributed by atoms with Gasteiger partial charge in [-0.3, -0.25) is 9.59 Å². The second-order valence-corrected chi connectivity index (χ2v) is 6.50. The molecule has 0 atom stereocenters. The maximum absolute atomic E-state index is 13.6. The molecule has 1 aromatic carbocycles. The van der Waals surface area contributed by atoms with Crippen molar-refractivity contribution in [3.8, 4) is 5.75 Å². The molecule has 3 rings (SSSR count). The lowest BCUT2D eigenvalue weighted by atomic mass is 9.85. The first-order valence-corrected chi connectivity index (χ1v) is 8.25. The first kappa shape index (κ1) is 18.3. The van der Waals surface area contributed by atoms with Gasteiger partial charge in [0.1, 0.15) is 11.4 Å². The minimum Gasteiger partial charge on any atom is -0.497 e. The molecule has 0 amide bonds. The van der Waals surface area contributed by atoms with E-state index in [-0.39, 0.29) is 36.5 Å². The highest BCUT2D eigenvalue weighted by Crippen LogP contribution is 2.37. The van der Waals surface area contributed by atoms with E-state index >= 15 is 0 Å². The summed E-state index contributed by atoms with van der Waals surface area (Å²) < 4.78 is 46.7. The lowest BCUT2D eigenvalue weighted by Gasteiger charge is -2.30. The van der Waals surface area contributed by atoms with Gasteiger partial charge in [0.25, 0.3) is 5.56 Å². The molecule has 2 aromatic rings. The number of ether oxygens (including phenoxy) is 1. The van der Waals surface area contributed by atoms with Crippen LogP contribution in [0.3, 0.4) is 0 Å². The van der Waals surface area contributed by atoms with Crippen molar-refractivity contribution in [3.05, 3.63) is 40.3 Å². The Morgan fingerprint density at radius 3 is 2.38 bits per heavy atom. The molecule has 0 aliphatic heterocycles. The summed E-state index contributed by atoms with van der Waals surface area (Å²) in [5.41, 5.74) is -1.72. The lowest BCUT2D eigenvalue weighted by molar-refractivity contribution is -0.147. The van der Waals surface area contributed by atoms with E-state index in [1.165, 1.54) is 25.3 Å². The van der Waals surface area contributed by atoms with Gasteiger partial charge >= 0.3 is 12.1 Å². The lowest BCUT2D eigenvalue weighted by Crippen LogP contribution is -2.34. The van der Waals surface area contributed by atoms with Gasteiger partial charge < -0.3 is 14.4 Å². The second kappa shape index (κ2) is 6.66. The van der Waals surface area contributed by atoms with Crippen LogP contribution in [0.15, 0.2) is 29.1 Å². The van der Waals surface area contributed by atoms with Crippen molar-refractivity contribution in [1.82, 2.24) is 4.57 Å². The highest BCUT2D eigenvalue weighted by atomic mass is 19.4. The SMILES string of the molecule is COc1ccc2c(=O)n(C3CCC(C(=O)O)CC3)c(C(F)(F)F)cc2c1. The highest BCUT2D eigenvalue weighted by molar-refractivity contribution is 5.83. The van der Waals surface area contributed by atoms with E-state index in [4.69, 9.17) is 9.84 Å². The second-order valence-electron chi connectivity index (χ2n) is 6.50. The number of carboxylic acid groups (broad SMARTS) is 1. The summed E-state index contributed by atoms with van der Waals surface area (Å²) in [4.78, 5) is 23.9. The van der Waals surface area contributed by atoms with Crippen molar-refractivity contribution < 1.29 is 27.8 Å². The minimum atomic E-state index is -4.69. The molecule has 0 spiro atoms. The maximum Gasteiger partial charge on any atom is 0.431 e. The van der Waals surface area contributed by atoms with E-state index in [1.807, 2.05) is 0 Å². The first-order valence-electron chi connectivity index (χ1n) is 8.25. The molecule has 1 N–H and O–H groups in total. The van der Waals surface area contributed by atoms with E-state index in [2.05, 4.69) is 0 Å². The number of methoxy groups -OCH3 is 1. The van der Waals surface area contributed by atoms with Gasteiger partial charge in [0.2, 0.25) is 0 Å². The quantitative estimate of drug-likeness (QED) is 0.892. The molecular weight excluding hydrogens is 351 g/mol. The number of pyridine rings is 1. The fourth-order valence-electron chi connectivity index (χ4n) is 3.60. The number of nitrogens with zero attached hydrogens (tertiary/aromatic N) is 1. The molecule has 1 aromatic heterocycles. The zero-order valence-corrected chi connectivity index (χ0v) is 14.0. The third-order valence-electron chi connectivity index (χ3n) is 4.96. The number of hydrogen-bond acceptors (Lipinski definition) is 3. The zero-order valence-electron chi connectivity index (χ0n) is 14.0. The van der Waals surface area contributed by atoms with Gasteiger partial charge in [0.05, 0.1) is 13.0 Å². The van der Waals surface area contributed by atoms with Crippen molar-refractivity contribution >= 4 is 16.7 Å².